The summed E-state index contributed by atoms with van der Waals surface area (Å²) in [4.78, 5) is 28.5. The van der Waals surface area contributed by atoms with Gasteiger partial charge in [-0.1, -0.05) is 0 Å². The van der Waals surface area contributed by atoms with E-state index in [1.165, 1.54) is 12.1 Å². The lowest BCUT2D eigenvalue weighted by Gasteiger charge is -2.39. The maximum absolute atomic E-state index is 13.1. The third-order valence-corrected chi connectivity index (χ3v) is 4.39. The predicted molar refractivity (Wildman–Crippen MR) is 92.2 cm³/mol. The summed E-state index contributed by atoms with van der Waals surface area (Å²) >= 11 is 0. The summed E-state index contributed by atoms with van der Waals surface area (Å²) in [6.45, 7) is 2.49. The van der Waals surface area contributed by atoms with Crippen molar-refractivity contribution in [2.24, 2.45) is 0 Å². The lowest BCUT2D eigenvalue weighted by molar-refractivity contribution is -0.124. The van der Waals surface area contributed by atoms with Crippen molar-refractivity contribution >= 4 is 17.5 Å². The molecule has 1 aliphatic rings. The van der Waals surface area contributed by atoms with Crippen molar-refractivity contribution in [1.82, 2.24) is 4.90 Å². The third kappa shape index (κ3) is 3.33. The lowest BCUT2D eigenvalue weighted by atomic mass is 10.1. The molecular weight excluding hydrogens is 323 g/mol. The second-order valence-electron chi connectivity index (χ2n) is 5.87. The van der Waals surface area contributed by atoms with Gasteiger partial charge in [-0.05, 0) is 55.5 Å². The largest absolute Gasteiger partial charge is 0.497 e. The SMILES string of the molecule is COc1ccc(C(=O)N2CCN(c3ccc(F)cc3)C(=O)[C@H]2C)cc1. The molecule has 130 valence electrons. The Bertz CT molecular complexity index is 774. The number of carbonyl (C=O) groups excluding carboxylic acids is 2. The molecule has 1 heterocycles. The highest BCUT2D eigenvalue weighted by atomic mass is 19.1. The van der Waals surface area contributed by atoms with Crippen LogP contribution in [0.3, 0.4) is 0 Å². The van der Waals surface area contributed by atoms with Gasteiger partial charge in [0.15, 0.2) is 0 Å². The topological polar surface area (TPSA) is 49.9 Å². The van der Waals surface area contributed by atoms with Crippen LogP contribution in [0.5, 0.6) is 5.75 Å². The summed E-state index contributed by atoms with van der Waals surface area (Å²) in [5, 5.41) is 0. The van der Waals surface area contributed by atoms with E-state index in [0.717, 1.165) is 0 Å². The number of benzene rings is 2. The zero-order chi connectivity index (χ0) is 18.0. The van der Waals surface area contributed by atoms with Crippen molar-refractivity contribution in [3.63, 3.8) is 0 Å². The Morgan fingerprint density at radius 3 is 2.32 bits per heavy atom. The molecule has 0 saturated carbocycles. The van der Waals surface area contributed by atoms with Crippen LogP contribution in [0.25, 0.3) is 0 Å². The van der Waals surface area contributed by atoms with Crippen molar-refractivity contribution in [2.45, 2.75) is 13.0 Å². The van der Waals surface area contributed by atoms with Crippen LogP contribution in [0, 0.1) is 5.82 Å². The Morgan fingerprint density at radius 2 is 1.72 bits per heavy atom. The predicted octanol–water partition coefficient (Wildman–Crippen LogP) is 2.71. The first-order valence-electron chi connectivity index (χ1n) is 8.03. The molecular formula is C19H19FN2O3. The van der Waals surface area contributed by atoms with Crippen LogP contribution in [0.4, 0.5) is 10.1 Å². The van der Waals surface area contributed by atoms with Gasteiger partial charge in [-0.25, -0.2) is 4.39 Å². The molecule has 1 saturated heterocycles. The molecule has 2 aromatic rings. The highest BCUT2D eigenvalue weighted by molar-refractivity contribution is 6.03. The summed E-state index contributed by atoms with van der Waals surface area (Å²) < 4.78 is 18.2. The Morgan fingerprint density at radius 1 is 1.08 bits per heavy atom. The zero-order valence-corrected chi connectivity index (χ0v) is 14.1. The number of nitrogens with zero attached hydrogens (tertiary/aromatic N) is 2. The highest BCUT2D eigenvalue weighted by Gasteiger charge is 2.35. The van der Waals surface area contributed by atoms with Gasteiger partial charge in [0.25, 0.3) is 5.91 Å². The summed E-state index contributed by atoms with van der Waals surface area (Å²) in [7, 11) is 1.56. The lowest BCUT2D eigenvalue weighted by Crippen LogP contribution is -2.57. The van der Waals surface area contributed by atoms with Gasteiger partial charge in [-0.15, -0.1) is 0 Å². The van der Waals surface area contributed by atoms with Crippen molar-refractivity contribution in [3.05, 3.63) is 59.9 Å². The van der Waals surface area contributed by atoms with E-state index in [1.54, 1.807) is 60.2 Å². The fourth-order valence-corrected chi connectivity index (χ4v) is 2.92. The average Bonchev–Trinajstić information content (AvgIpc) is 2.64. The molecule has 0 spiro atoms. The Kier molecular flexibility index (Phi) is 4.70. The number of amides is 2. The highest BCUT2D eigenvalue weighted by Crippen LogP contribution is 2.22. The average molecular weight is 342 g/mol. The summed E-state index contributed by atoms with van der Waals surface area (Å²) in [5.74, 6) is -0.0543. The van der Waals surface area contributed by atoms with E-state index >= 15 is 0 Å². The molecule has 3 rings (SSSR count). The van der Waals surface area contributed by atoms with E-state index in [2.05, 4.69) is 0 Å². The number of methoxy groups -OCH3 is 1. The second-order valence-corrected chi connectivity index (χ2v) is 5.87. The minimum absolute atomic E-state index is 0.181. The number of anilines is 1. The maximum Gasteiger partial charge on any atom is 0.254 e. The Balaban J connectivity index is 1.76. The molecule has 0 aromatic heterocycles. The molecule has 0 aliphatic carbocycles. The molecule has 1 fully saturated rings. The monoisotopic (exact) mass is 342 g/mol. The van der Waals surface area contributed by atoms with Crippen LogP contribution < -0.4 is 9.64 Å². The third-order valence-electron chi connectivity index (χ3n) is 4.39. The van der Waals surface area contributed by atoms with E-state index in [1.807, 2.05) is 0 Å². The van der Waals surface area contributed by atoms with E-state index in [4.69, 9.17) is 4.74 Å². The Labute approximate surface area is 145 Å². The van der Waals surface area contributed by atoms with Gasteiger partial charge in [0.05, 0.1) is 7.11 Å². The van der Waals surface area contributed by atoms with Crippen molar-refractivity contribution in [1.29, 1.82) is 0 Å². The van der Waals surface area contributed by atoms with Gasteiger partial charge < -0.3 is 14.5 Å². The van der Waals surface area contributed by atoms with Gasteiger partial charge in [0.2, 0.25) is 5.91 Å². The molecule has 0 bridgehead atoms. The van der Waals surface area contributed by atoms with Crippen LogP contribution in [0.2, 0.25) is 0 Å². The first kappa shape index (κ1) is 17.0. The molecule has 1 atom stereocenters. The van der Waals surface area contributed by atoms with E-state index in [0.29, 0.717) is 30.1 Å². The minimum atomic E-state index is -0.589. The summed E-state index contributed by atoms with van der Waals surface area (Å²) in [6.07, 6.45) is 0. The quantitative estimate of drug-likeness (QED) is 0.862. The number of hydrogen-bond acceptors (Lipinski definition) is 3. The number of ether oxygens (including phenoxy) is 1. The van der Waals surface area contributed by atoms with Crippen LogP contribution in [-0.4, -0.2) is 43.0 Å². The Hall–Kier alpha value is -2.89. The normalized spacial score (nSPS) is 17.6. The summed E-state index contributed by atoms with van der Waals surface area (Å²) in [5.41, 5.74) is 1.14. The van der Waals surface area contributed by atoms with Crippen LogP contribution in [0.15, 0.2) is 48.5 Å². The van der Waals surface area contributed by atoms with E-state index in [9.17, 15) is 14.0 Å². The zero-order valence-electron chi connectivity index (χ0n) is 14.1. The van der Waals surface area contributed by atoms with Crippen LogP contribution >= 0.6 is 0 Å². The smallest absolute Gasteiger partial charge is 0.254 e. The maximum atomic E-state index is 13.1. The fraction of sp³-hybridized carbons (Fsp3) is 0.263. The molecule has 6 heteroatoms. The van der Waals surface area contributed by atoms with Gasteiger partial charge in [-0.2, -0.15) is 0 Å². The first-order valence-corrected chi connectivity index (χ1v) is 8.03. The van der Waals surface area contributed by atoms with Gasteiger partial charge in [0.1, 0.15) is 17.6 Å². The molecule has 0 radical (unpaired) electrons. The molecule has 0 unspecified atom stereocenters. The van der Waals surface area contributed by atoms with Crippen LogP contribution in [0.1, 0.15) is 17.3 Å². The molecule has 2 amide bonds. The summed E-state index contributed by atoms with van der Waals surface area (Å²) in [6, 6.07) is 12.0. The van der Waals surface area contributed by atoms with Crippen molar-refractivity contribution < 1.29 is 18.7 Å². The number of halogens is 1. The fourth-order valence-electron chi connectivity index (χ4n) is 2.92. The second kappa shape index (κ2) is 6.93. The van der Waals surface area contributed by atoms with Gasteiger partial charge in [0, 0.05) is 24.3 Å². The molecule has 25 heavy (non-hydrogen) atoms. The molecule has 1 aliphatic heterocycles. The van der Waals surface area contributed by atoms with Crippen molar-refractivity contribution in [2.75, 3.05) is 25.1 Å². The van der Waals surface area contributed by atoms with E-state index < -0.39 is 6.04 Å². The first-order chi connectivity index (χ1) is 12.0. The molecule has 2 aromatic carbocycles. The number of rotatable bonds is 3. The minimum Gasteiger partial charge on any atom is -0.497 e. The van der Waals surface area contributed by atoms with Crippen LogP contribution in [-0.2, 0) is 4.79 Å². The standard InChI is InChI=1S/C19H19FN2O3/c1-13-18(23)22(16-7-5-15(20)6-8-16)12-11-21(13)19(24)14-3-9-17(25-2)10-4-14/h3-10,13H,11-12H2,1-2H3/t13-/m1/s1. The van der Waals surface area contributed by atoms with Gasteiger partial charge in [-0.3, -0.25) is 9.59 Å². The van der Waals surface area contributed by atoms with E-state index in [-0.39, 0.29) is 17.6 Å². The number of carbonyl (C=O) groups is 2. The molecule has 0 N–H and O–H groups in total. The molecule has 5 nitrogen and oxygen atoms in total. The number of hydrogen-bond donors (Lipinski definition) is 0. The van der Waals surface area contributed by atoms with Gasteiger partial charge >= 0.3 is 0 Å². The van der Waals surface area contributed by atoms with Crippen molar-refractivity contribution in [3.8, 4) is 5.75 Å². The number of piperazine rings is 1.